The van der Waals surface area contributed by atoms with Crippen LogP contribution in [0.25, 0.3) is 0 Å². The van der Waals surface area contributed by atoms with Crippen molar-refractivity contribution in [2.24, 2.45) is 5.41 Å². The van der Waals surface area contributed by atoms with E-state index in [0.717, 1.165) is 18.7 Å². The molecule has 1 heterocycles. The van der Waals surface area contributed by atoms with Gasteiger partial charge in [0, 0.05) is 24.8 Å². The minimum Gasteiger partial charge on any atom is -0.481 e. The fourth-order valence-corrected chi connectivity index (χ4v) is 1.31. The topological polar surface area (TPSA) is 34.1 Å². The molecule has 0 unspecified atom stereocenters. The van der Waals surface area contributed by atoms with Crippen molar-refractivity contribution in [1.82, 2.24) is 10.3 Å². The average Bonchev–Trinajstić information content (AvgIpc) is 2.16. The Labute approximate surface area is 91.9 Å². The van der Waals surface area contributed by atoms with E-state index >= 15 is 0 Å². The summed E-state index contributed by atoms with van der Waals surface area (Å²) >= 11 is 0. The highest BCUT2D eigenvalue weighted by Crippen LogP contribution is 2.14. The first-order chi connectivity index (χ1) is 7.03. The molecule has 0 radical (unpaired) electrons. The van der Waals surface area contributed by atoms with Gasteiger partial charge in [0.2, 0.25) is 5.88 Å². The molecule has 3 heteroatoms. The standard InChI is InChI=1S/C12H20N2O/c1-12(2,3)9-13-8-10-6-5-7-14-11(10)15-4/h5-7,13H,8-9H2,1-4H3. The summed E-state index contributed by atoms with van der Waals surface area (Å²) in [5.74, 6) is 0.707. The van der Waals surface area contributed by atoms with Crippen LogP contribution in [-0.2, 0) is 6.54 Å². The minimum atomic E-state index is 0.301. The summed E-state index contributed by atoms with van der Waals surface area (Å²) in [6.07, 6.45) is 1.74. The number of nitrogens with one attached hydrogen (secondary N) is 1. The van der Waals surface area contributed by atoms with Gasteiger partial charge in [-0.1, -0.05) is 26.8 Å². The Balaban J connectivity index is 2.50. The lowest BCUT2D eigenvalue weighted by Crippen LogP contribution is -2.26. The maximum Gasteiger partial charge on any atom is 0.217 e. The molecule has 1 N–H and O–H groups in total. The average molecular weight is 208 g/mol. The summed E-state index contributed by atoms with van der Waals surface area (Å²) in [6.45, 7) is 8.40. The molecular formula is C12H20N2O. The van der Waals surface area contributed by atoms with Crippen LogP contribution in [0.2, 0.25) is 0 Å². The summed E-state index contributed by atoms with van der Waals surface area (Å²) < 4.78 is 5.18. The van der Waals surface area contributed by atoms with E-state index in [1.165, 1.54) is 0 Å². The van der Waals surface area contributed by atoms with Crippen LogP contribution in [-0.4, -0.2) is 18.6 Å². The van der Waals surface area contributed by atoms with Gasteiger partial charge in [0.05, 0.1) is 7.11 Å². The van der Waals surface area contributed by atoms with Crippen molar-refractivity contribution in [3.63, 3.8) is 0 Å². The molecule has 0 bridgehead atoms. The number of aromatic nitrogens is 1. The van der Waals surface area contributed by atoms with Crippen molar-refractivity contribution >= 4 is 0 Å². The van der Waals surface area contributed by atoms with Gasteiger partial charge in [0.15, 0.2) is 0 Å². The Morgan fingerprint density at radius 2 is 2.13 bits per heavy atom. The first-order valence-corrected chi connectivity index (χ1v) is 5.21. The lowest BCUT2D eigenvalue weighted by Gasteiger charge is -2.19. The van der Waals surface area contributed by atoms with Crippen LogP contribution in [0.4, 0.5) is 0 Å². The number of rotatable bonds is 4. The lowest BCUT2D eigenvalue weighted by atomic mass is 9.97. The van der Waals surface area contributed by atoms with Crippen LogP contribution in [0, 0.1) is 5.41 Å². The molecule has 15 heavy (non-hydrogen) atoms. The monoisotopic (exact) mass is 208 g/mol. The molecule has 0 saturated heterocycles. The van der Waals surface area contributed by atoms with Gasteiger partial charge >= 0.3 is 0 Å². The lowest BCUT2D eigenvalue weighted by molar-refractivity contribution is 0.368. The Hall–Kier alpha value is -1.09. The fraction of sp³-hybridized carbons (Fsp3) is 0.583. The van der Waals surface area contributed by atoms with Crippen molar-refractivity contribution in [3.05, 3.63) is 23.9 Å². The van der Waals surface area contributed by atoms with Gasteiger partial charge in [-0.05, 0) is 11.5 Å². The predicted molar refractivity (Wildman–Crippen MR) is 62.0 cm³/mol. The molecule has 0 amide bonds. The molecule has 1 aromatic heterocycles. The van der Waals surface area contributed by atoms with E-state index in [-0.39, 0.29) is 0 Å². The maximum atomic E-state index is 5.18. The van der Waals surface area contributed by atoms with Crippen molar-refractivity contribution in [2.45, 2.75) is 27.3 Å². The fourth-order valence-electron chi connectivity index (χ4n) is 1.31. The second-order valence-electron chi connectivity index (χ2n) is 4.84. The molecule has 0 spiro atoms. The Morgan fingerprint density at radius 3 is 2.73 bits per heavy atom. The SMILES string of the molecule is COc1ncccc1CNCC(C)(C)C. The summed E-state index contributed by atoms with van der Waals surface area (Å²) in [4.78, 5) is 4.15. The highest BCUT2D eigenvalue weighted by atomic mass is 16.5. The van der Waals surface area contributed by atoms with Crippen molar-refractivity contribution < 1.29 is 4.74 Å². The molecule has 84 valence electrons. The van der Waals surface area contributed by atoms with Crippen LogP contribution in [0.1, 0.15) is 26.3 Å². The Kier molecular flexibility index (Phi) is 4.09. The van der Waals surface area contributed by atoms with Crippen molar-refractivity contribution in [3.8, 4) is 5.88 Å². The van der Waals surface area contributed by atoms with E-state index < -0.39 is 0 Å². The summed E-state index contributed by atoms with van der Waals surface area (Å²) in [7, 11) is 1.65. The van der Waals surface area contributed by atoms with Gasteiger partial charge in [-0.15, -0.1) is 0 Å². The van der Waals surface area contributed by atoms with Crippen molar-refractivity contribution in [2.75, 3.05) is 13.7 Å². The molecule has 0 fully saturated rings. The third-order valence-electron chi connectivity index (χ3n) is 2.01. The van der Waals surface area contributed by atoms with E-state index in [1.807, 2.05) is 12.1 Å². The molecule has 1 rings (SSSR count). The van der Waals surface area contributed by atoms with Crippen LogP contribution >= 0.6 is 0 Å². The van der Waals surface area contributed by atoms with Gasteiger partial charge in [0.1, 0.15) is 0 Å². The van der Waals surface area contributed by atoms with Crippen LogP contribution in [0.15, 0.2) is 18.3 Å². The Bertz CT molecular complexity index is 305. The molecule has 1 aromatic rings. The third-order valence-corrected chi connectivity index (χ3v) is 2.01. The van der Waals surface area contributed by atoms with Gasteiger partial charge in [-0.2, -0.15) is 0 Å². The zero-order chi connectivity index (χ0) is 11.3. The van der Waals surface area contributed by atoms with Crippen LogP contribution < -0.4 is 10.1 Å². The quantitative estimate of drug-likeness (QED) is 0.824. The zero-order valence-electron chi connectivity index (χ0n) is 10.0. The molecule has 0 aliphatic carbocycles. The van der Waals surface area contributed by atoms with Gasteiger partial charge in [-0.25, -0.2) is 4.98 Å². The van der Waals surface area contributed by atoms with Gasteiger partial charge < -0.3 is 10.1 Å². The molecule has 3 nitrogen and oxygen atoms in total. The number of pyridine rings is 1. The third kappa shape index (κ3) is 4.30. The predicted octanol–water partition coefficient (Wildman–Crippen LogP) is 2.23. The smallest absolute Gasteiger partial charge is 0.217 e. The van der Waals surface area contributed by atoms with Gasteiger partial charge in [0.25, 0.3) is 0 Å². The first kappa shape index (κ1) is 12.0. The van der Waals surface area contributed by atoms with E-state index in [4.69, 9.17) is 4.74 Å². The molecule has 0 aromatic carbocycles. The molecular weight excluding hydrogens is 188 g/mol. The van der Waals surface area contributed by atoms with Crippen LogP contribution in [0.3, 0.4) is 0 Å². The number of methoxy groups -OCH3 is 1. The van der Waals surface area contributed by atoms with E-state index in [1.54, 1.807) is 13.3 Å². The maximum absolute atomic E-state index is 5.18. The second-order valence-corrected chi connectivity index (χ2v) is 4.84. The number of ether oxygens (including phenoxy) is 1. The van der Waals surface area contributed by atoms with Gasteiger partial charge in [-0.3, -0.25) is 0 Å². The number of hydrogen-bond acceptors (Lipinski definition) is 3. The van der Waals surface area contributed by atoms with E-state index in [2.05, 4.69) is 31.1 Å². The molecule has 0 aliphatic heterocycles. The first-order valence-electron chi connectivity index (χ1n) is 5.21. The number of nitrogens with zero attached hydrogens (tertiary/aromatic N) is 1. The summed E-state index contributed by atoms with van der Waals surface area (Å²) in [6, 6.07) is 3.96. The van der Waals surface area contributed by atoms with E-state index in [0.29, 0.717) is 11.3 Å². The highest BCUT2D eigenvalue weighted by Gasteiger charge is 2.10. The van der Waals surface area contributed by atoms with Crippen molar-refractivity contribution in [1.29, 1.82) is 0 Å². The minimum absolute atomic E-state index is 0.301. The van der Waals surface area contributed by atoms with E-state index in [9.17, 15) is 0 Å². The molecule has 0 atom stereocenters. The largest absolute Gasteiger partial charge is 0.481 e. The Morgan fingerprint density at radius 1 is 1.40 bits per heavy atom. The molecule has 0 aliphatic rings. The molecule has 0 saturated carbocycles. The van der Waals surface area contributed by atoms with Crippen LogP contribution in [0.5, 0.6) is 5.88 Å². The highest BCUT2D eigenvalue weighted by molar-refractivity contribution is 5.24. The normalized spacial score (nSPS) is 11.5. The summed E-state index contributed by atoms with van der Waals surface area (Å²) in [5.41, 5.74) is 1.40. The second kappa shape index (κ2) is 5.12. The number of hydrogen-bond donors (Lipinski definition) is 1. The summed E-state index contributed by atoms with van der Waals surface area (Å²) in [5, 5.41) is 3.40. The zero-order valence-corrected chi connectivity index (χ0v) is 10.0.